The van der Waals surface area contributed by atoms with Gasteiger partial charge in [0, 0.05) is 12.6 Å². The molecule has 1 atom stereocenters. The van der Waals surface area contributed by atoms with Gasteiger partial charge in [-0.1, -0.05) is 5.16 Å². The lowest BCUT2D eigenvalue weighted by Crippen LogP contribution is -2.41. The number of alkyl halides is 3. The van der Waals surface area contributed by atoms with E-state index in [1.54, 1.807) is 11.8 Å². The molecule has 0 N–H and O–H groups in total. The van der Waals surface area contributed by atoms with E-state index in [0.717, 1.165) is 12.4 Å². The predicted molar refractivity (Wildman–Crippen MR) is 75.7 cm³/mol. The van der Waals surface area contributed by atoms with Crippen LogP contribution in [0.1, 0.15) is 23.5 Å². The van der Waals surface area contributed by atoms with Crippen molar-refractivity contribution in [3.05, 3.63) is 29.8 Å². The highest BCUT2D eigenvalue weighted by Crippen LogP contribution is 2.34. The maximum absolute atomic E-state index is 13.2. The number of rotatable bonds is 2. The van der Waals surface area contributed by atoms with Crippen molar-refractivity contribution < 1.29 is 22.4 Å². The molecule has 0 bridgehead atoms. The van der Waals surface area contributed by atoms with Gasteiger partial charge in [-0.2, -0.15) is 32.8 Å². The van der Waals surface area contributed by atoms with Crippen LogP contribution in [0.25, 0.3) is 5.78 Å². The van der Waals surface area contributed by atoms with Crippen LogP contribution in [0, 0.1) is 6.92 Å². The lowest BCUT2D eigenvalue weighted by molar-refractivity contribution is -0.141. The standard InChI is InChI=1S/C13H12F3N7O2/c1-7-19-11(25-21-7)8-5-24-3-2-22(8)10-4-9(13(14,15)16)20-12-17-6-18-23(10)12/h4,6,8H,2-3,5H2,1H3. The first-order valence-electron chi connectivity index (χ1n) is 7.36. The maximum atomic E-state index is 13.2. The fourth-order valence-electron chi connectivity index (χ4n) is 2.68. The molecule has 4 heterocycles. The Kier molecular flexibility index (Phi) is 3.56. The molecule has 0 radical (unpaired) electrons. The molecule has 1 aliphatic rings. The number of nitrogens with zero attached hydrogens (tertiary/aromatic N) is 7. The van der Waals surface area contributed by atoms with E-state index >= 15 is 0 Å². The Balaban J connectivity index is 1.84. The lowest BCUT2D eigenvalue weighted by Gasteiger charge is -2.35. The summed E-state index contributed by atoms with van der Waals surface area (Å²) in [6.45, 7) is 2.51. The third-order valence-electron chi connectivity index (χ3n) is 3.77. The monoisotopic (exact) mass is 355 g/mol. The van der Waals surface area contributed by atoms with E-state index in [1.807, 2.05) is 0 Å². The molecule has 3 aromatic heterocycles. The fraction of sp³-hybridized carbons (Fsp3) is 0.462. The number of halogens is 3. The molecule has 0 amide bonds. The highest BCUT2D eigenvalue weighted by Gasteiger charge is 2.37. The second kappa shape index (κ2) is 5.65. The van der Waals surface area contributed by atoms with Crippen LogP contribution in [0.5, 0.6) is 0 Å². The number of hydrogen-bond donors (Lipinski definition) is 0. The van der Waals surface area contributed by atoms with Crippen molar-refractivity contribution >= 4 is 11.6 Å². The molecule has 0 saturated carbocycles. The summed E-state index contributed by atoms with van der Waals surface area (Å²) in [6.07, 6.45) is -3.45. The summed E-state index contributed by atoms with van der Waals surface area (Å²) in [6, 6.07) is 0.397. The normalized spacial score (nSPS) is 18.9. The van der Waals surface area contributed by atoms with Gasteiger partial charge < -0.3 is 14.2 Å². The minimum absolute atomic E-state index is 0.142. The molecule has 1 unspecified atom stereocenters. The van der Waals surface area contributed by atoms with Gasteiger partial charge in [-0.15, -0.1) is 0 Å². The molecule has 1 fully saturated rings. The number of aryl methyl sites for hydroxylation is 1. The molecule has 132 valence electrons. The van der Waals surface area contributed by atoms with E-state index in [4.69, 9.17) is 9.26 Å². The Morgan fingerprint density at radius 2 is 2.12 bits per heavy atom. The fourth-order valence-corrected chi connectivity index (χ4v) is 2.68. The Morgan fingerprint density at radius 3 is 2.84 bits per heavy atom. The Labute approximate surface area is 138 Å². The third kappa shape index (κ3) is 2.77. The summed E-state index contributed by atoms with van der Waals surface area (Å²) < 4.78 is 51.4. The second-order valence-corrected chi connectivity index (χ2v) is 5.43. The molecule has 12 heteroatoms. The van der Waals surface area contributed by atoms with Gasteiger partial charge in [0.1, 0.15) is 18.2 Å². The molecule has 0 aromatic carbocycles. The largest absolute Gasteiger partial charge is 0.433 e. The van der Waals surface area contributed by atoms with Crippen molar-refractivity contribution in [3.63, 3.8) is 0 Å². The molecule has 25 heavy (non-hydrogen) atoms. The zero-order chi connectivity index (χ0) is 17.6. The molecule has 9 nitrogen and oxygen atoms in total. The summed E-state index contributed by atoms with van der Waals surface area (Å²) in [7, 11) is 0. The number of ether oxygens (including phenoxy) is 1. The van der Waals surface area contributed by atoms with Gasteiger partial charge >= 0.3 is 6.18 Å². The molecule has 3 aromatic rings. The SMILES string of the molecule is Cc1noc(C2COCCN2c2cc(C(F)(F)F)nc3ncnn23)n1. The minimum atomic E-state index is -4.61. The van der Waals surface area contributed by atoms with Crippen LogP contribution in [-0.4, -0.2) is 49.5 Å². The topological polar surface area (TPSA) is 94.5 Å². The molecule has 0 aliphatic carbocycles. The van der Waals surface area contributed by atoms with Crippen LogP contribution >= 0.6 is 0 Å². The van der Waals surface area contributed by atoms with Crippen molar-refractivity contribution in [2.45, 2.75) is 19.1 Å². The highest BCUT2D eigenvalue weighted by atomic mass is 19.4. The van der Waals surface area contributed by atoms with Crippen LogP contribution in [-0.2, 0) is 10.9 Å². The number of fused-ring (bicyclic) bond motifs is 1. The smallest absolute Gasteiger partial charge is 0.377 e. The van der Waals surface area contributed by atoms with E-state index < -0.39 is 17.9 Å². The van der Waals surface area contributed by atoms with Crippen molar-refractivity contribution in [1.29, 1.82) is 0 Å². The van der Waals surface area contributed by atoms with Crippen molar-refractivity contribution in [3.8, 4) is 0 Å². The van der Waals surface area contributed by atoms with Gasteiger partial charge in [-0.05, 0) is 6.92 Å². The van der Waals surface area contributed by atoms with Gasteiger partial charge in [-0.3, -0.25) is 0 Å². The average Bonchev–Trinajstić information content (AvgIpc) is 3.21. The van der Waals surface area contributed by atoms with Crippen molar-refractivity contribution in [1.82, 2.24) is 29.7 Å². The van der Waals surface area contributed by atoms with Crippen molar-refractivity contribution in [2.75, 3.05) is 24.7 Å². The van der Waals surface area contributed by atoms with E-state index in [0.29, 0.717) is 19.0 Å². The van der Waals surface area contributed by atoms with Gasteiger partial charge in [0.25, 0.3) is 11.7 Å². The van der Waals surface area contributed by atoms with Gasteiger partial charge in [0.15, 0.2) is 11.5 Å². The number of anilines is 1. The van der Waals surface area contributed by atoms with Crippen LogP contribution < -0.4 is 4.90 Å². The molecular weight excluding hydrogens is 343 g/mol. The summed E-state index contributed by atoms with van der Waals surface area (Å²) in [5, 5.41) is 7.71. The first kappa shape index (κ1) is 15.7. The Morgan fingerprint density at radius 1 is 1.28 bits per heavy atom. The van der Waals surface area contributed by atoms with E-state index in [9.17, 15) is 13.2 Å². The zero-order valence-corrected chi connectivity index (χ0v) is 12.9. The number of hydrogen-bond acceptors (Lipinski definition) is 8. The van der Waals surface area contributed by atoms with E-state index in [2.05, 4.69) is 25.2 Å². The number of morpholine rings is 1. The van der Waals surface area contributed by atoms with E-state index in [1.165, 1.54) is 4.52 Å². The predicted octanol–water partition coefficient (Wildman–Crippen LogP) is 1.41. The quantitative estimate of drug-likeness (QED) is 0.681. The van der Waals surface area contributed by atoms with Crippen LogP contribution in [0.15, 0.2) is 16.9 Å². The first-order chi connectivity index (χ1) is 11.9. The average molecular weight is 355 g/mol. The Bertz CT molecular complexity index is 907. The second-order valence-electron chi connectivity index (χ2n) is 5.43. The summed E-state index contributed by atoms with van der Waals surface area (Å²) in [5.74, 6) is 0.726. The number of aromatic nitrogens is 6. The van der Waals surface area contributed by atoms with E-state index in [-0.39, 0.29) is 24.1 Å². The molecule has 4 rings (SSSR count). The molecular formula is C13H12F3N7O2. The lowest BCUT2D eigenvalue weighted by atomic mass is 10.2. The molecule has 1 saturated heterocycles. The van der Waals surface area contributed by atoms with Gasteiger partial charge in [0.2, 0.25) is 0 Å². The maximum Gasteiger partial charge on any atom is 0.433 e. The molecule has 0 spiro atoms. The van der Waals surface area contributed by atoms with Crippen molar-refractivity contribution in [2.24, 2.45) is 0 Å². The summed E-state index contributed by atoms with van der Waals surface area (Å²) in [4.78, 5) is 13.1. The minimum Gasteiger partial charge on any atom is -0.377 e. The highest BCUT2D eigenvalue weighted by molar-refractivity contribution is 5.49. The van der Waals surface area contributed by atoms with Crippen LogP contribution in [0.3, 0.4) is 0 Å². The zero-order valence-electron chi connectivity index (χ0n) is 12.9. The Hall–Kier alpha value is -2.76. The van der Waals surface area contributed by atoms with Crippen LogP contribution in [0.2, 0.25) is 0 Å². The first-order valence-corrected chi connectivity index (χ1v) is 7.36. The van der Waals surface area contributed by atoms with Gasteiger partial charge in [0.05, 0.1) is 13.2 Å². The van der Waals surface area contributed by atoms with Gasteiger partial charge in [-0.25, -0.2) is 4.98 Å². The third-order valence-corrected chi connectivity index (χ3v) is 3.77. The molecule has 1 aliphatic heterocycles. The summed E-state index contributed by atoms with van der Waals surface area (Å²) >= 11 is 0. The van der Waals surface area contributed by atoms with Crippen LogP contribution in [0.4, 0.5) is 19.0 Å². The summed E-state index contributed by atoms with van der Waals surface area (Å²) in [5.41, 5.74) is -1.05.